The maximum atomic E-state index is 14.0. The van der Waals surface area contributed by atoms with Gasteiger partial charge in [0.2, 0.25) is 5.91 Å². The summed E-state index contributed by atoms with van der Waals surface area (Å²) in [6.07, 6.45) is 2.02. The van der Waals surface area contributed by atoms with Crippen LogP contribution < -0.4 is 15.6 Å². The molecule has 5 rings (SSSR count). The number of hydrogen-bond donors (Lipinski definition) is 1. The van der Waals surface area contributed by atoms with Gasteiger partial charge < -0.3 is 14.8 Å². The van der Waals surface area contributed by atoms with Crippen LogP contribution in [0.15, 0.2) is 58.5 Å². The van der Waals surface area contributed by atoms with Crippen LogP contribution in [0.4, 0.5) is 0 Å². The minimum atomic E-state index is -0.227. The van der Waals surface area contributed by atoms with E-state index in [1.165, 1.54) is 23.1 Å². The molecule has 11 heteroatoms. The van der Waals surface area contributed by atoms with Crippen LogP contribution in [0.5, 0.6) is 5.75 Å². The summed E-state index contributed by atoms with van der Waals surface area (Å²) < 4.78 is 15.7. The number of rotatable bonds is 9. The van der Waals surface area contributed by atoms with Crippen molar-refractivity contribution < 1.29 is 14.3 Å². The first-order valence-electron chi connectivity index (χ1n) is 12.5. The average Bonchev–Trinajstić information content (AvgIpc) is 3.55. The van der Waals surface area contributed by atoms with Crippen LogP contribution in [0.1, 0.15) is 25.3 Å². The van der Waals surface area contributed by atoms with Crippen LogP contribution in [0.3, 0.4) is 0 Å². The molecule has 8 nitrogen and oxygen atoms in total. The van der Waals surface area contributed by atoms with Crippen LogP contribution in [0.25, 0.3) is 21.7 Å². The van der Waals surface area contributed by atoms with E-state index in [0.29, 0.717) is 38.4 Å². The summed E-state index contributed by atoms with van der Waals surface area (Å²) in [6.45, 7) is 5.57. The molecule has 1 N–H and O–H groups in total. The molecule has 0 radical (unpaired) electrons. The Labute approximate surface area is 233 Å². The Kier molecular flexibility index (Phi) is 8.27. The van der Waals surface area contributed by atoms with E-state index in [-0.39, 0.29) is 23.3 Å². The van der Waals surface area contributed by atoms with E-state index < -0.39 is 0 Å². The fourth-order valence-electron chi connectivity index (χ4n) is 4.41. The monoisotopic (exact) mass is 568 g/mol. The molecule has 0 saturated carbocycles. The predicted molar refractivity (Wildman–Crippen MR) is 154 cm³/mol. The fraction of sp³-hybridized carbons (Fsp3) is 0.333. The highest BCUT2D eigenvalue weighted by Gasteiger charge is 2.22. The first-order valence-corrected chi connectivity index (χ1v) is 14.7. The van der Waals surface area contributed by atoms with E-state index in [1.807, 2.05) is 62.4 Å². The van der Waals surface area contributed by atoms with Crippen molar-refractivity contribution in [1.82, 2.24) is 19.4 Å². The number of amides is 1. The van der Waals surface area contributed by atoms with Crippen molar-refractivity contribution in [3.63, 3.8) is 0 Å². The van der Waals surface area contributed by atoms with Crippen LogP contribution >= 0.6 is 35.3 Å². The molecule has 1 amide bonds. The van der Waals surface area contributed by atoms with Crippen LogP contribution in [0, 0.1) is 10.9 Å². The zero-order chi connectivity index (χ0) is 26.6. The zero-order valence-corrected chi connectivity index (χ0v) is 23.6. The van der Waals surface area contributed by atoms with Crippen molar-refractivity contribution in [2.24, 2.45) is 0 Å². The van der Waals surface area contributed by atoms with E-state index in [0.717, 1.165) is 36.4 Å². The molecule has 2 aromatic heterocycles. The number of thioether (sulfide) groups is 1. The molecule has 1 aliphatic heterocycles. The Balaban J connectivity index is 1.59. The number of benzene rings is 2. The highest BCUT2D eigenvalue weighted by Crippen LogP contribution is 2.31. The lowest BCUT2D eigenvalue weighted by atomic mass is 10.2. The standard InChI is InChI=1S/C27H28N4O4S3/c1-3-34-21-13-7-6-12-20(21)30-24-23(38-27(30)36)25(33)31(19-11-5-4-9-17(19)2)26(29-24)37-16-22(32)28-15-18-10-8-14-35-18/h4-7,9,11-13,18H,3,8,10,14-16H2,1-2H3,(H,28,32)/t18-/m0/s1. The molecule has 0 spiro atoms. The number of nitrogens with one attached hydrogen (secondary N) is 1. The SMILES string of the molecule is CCOc1ccccc1-n1c(=S)sc2c(=O)n(-c3ccccc3C)c(SCC(=O)NC[C@@H]3CCCO3)nc21. The van der Waals surface area contributed by atoms with Crippen molar-refractivity contribution in [3.05, 3.63) is 68.4 Å². The lowest BCUT2D eigenvalue weighted by Gasteiger charge is -2.16. The summed E-state index contributed by atoms with van der Waals surface area (Å²) in [5.74, 6) is 0.621. The summed E-state index contributed by atoms with van der Waals surface area (Å²) >= 11 is 8.16. The number of nitrogens with zero attached hydrogens (tertiary/aromatic N) is 3. The van der Waals surface area contributed by atoms with Crippen LogP contribution in [-0.4, -0.2) is 51.6 Å². The second-order valence-electron chi connectivity index (χ2n) is 8.81. The highest BCUT2D eigenvalue weighted by atomic mass is 32.2. The molecule has 0 bridgehead atoms. The molecule has 1 fully saturated rings. The third-order valence-corrected chi connectivity index (χ3v) is 8.51. The summed E-state index contributed by atoms with van der Waals surface area (Å²) in [7, 11) is 0. The van der Waals surface area contributed by atoms with Crippen molar-refractivity contribution >= 4 is 51.6 Å². The van der Waals surface area contributed by atoms with Gasteiger partial charge in [0.25, 0.3) is 5.56 Å². The molecule has 1 aliphatic rings. The molecule has 198 valence electrons. The van der Waals surface area contributed by atoms with Gasteiger partial charge in [-0.1, -0.05) is 53.4 Å². The van der Waals surface area contributed by atoms with Crippen LogP contribution in [-0.2, 0) is 9.53 Å². The number of aromatic nitrogens is 3. The number of fused-ring (bicyclic) bond motifs is 1. The molecule has 3 heterocycles. The quantitative estimate of drug-likeness (QED) is 0.172. The van der Waals surface area contributed by atoms with Gasteiger partial charge in [0, 0.05) is 13.2 Å². The van der Waals surface area contributed by atoms with Crippen molar-refractivity contribution in [2.75, 3.05) is 25.5 Å². The van der Waals surface area contributed by atoms with Gasteiger partial charge in [0.15, 0.2) is 14.8 Å². The predicted octanol–water partition coefficient (Wildman–Crippen LogP) is 5.06. The first-order chi connectivity index (χ1) is 18.5. The summed E-state index contributed by atoms with van der Waals surface area (Å²) in [6, 6.07) is 15.2. The Bertz CT molecular complexity index is 1590. The first kappa shape index (κ1) is 26.6. The van der Waals surface area contributed by atoms with Crippen molar-refractivity contribution in [3.8, 4) is 17.1 Å². The van der Waals surface area contributed by atoms with Crippen LogP contribution in [0.2, 0.25) is 0 Å². The van der Waals surface area contributed by atoms with Crippen molar-refractivity contribution in [1.29, 1.82) is 0 Å². The highest BCUT2D eigenvalue weighted by molar-refractivity contribution is 7.99. The number of para-hydroxylation sites is 3. The number of carbonyl (C=O) groups is 1. The van der Waals surface area contributed by atoms with Gasteiger partial charge in [0.1, 0.15) is 10.4 Å². The minimum absolute atomic E-state index is 0.0595. The van der Waals surface area contributed by atoms with E-state index in [4.69, 9.17) is 26.7 Å². The van der Waals surface area contributed by atoms with E-state index in [1.54, 1.807) is 9.13 Å². The third kappa shape index (κ3) is 5.42. The van der Waals surface area contributed by atoms with Crippen molar-refractivity contribution in [2.45, 2.75) is 37.9 Å². The summed E-state index contributed by atoms with van der Waals surface area (Å²) in [5.41, 5.74) is 2.58. The lowest BCUT2D eigenvalue weighted by Crippen LogP contribution is -2.33. The number of thiazole rings is 1. The van der Waals surface area contributed by atoms with Gasteiger partial charge >= 0.3 is 0 Å². The topological polar surface area (TPSA) is 87.4 Å². The number of hydrogen-bond acceptors (Lipinski definition) is 8. The largest absolute Gasteiger partial charge is 0.492 e. The second-order valence-corrected chi connectivity index (χ2v) is 11.4. The Hall–Kier alpha value is -2.99. The number of aryl methyl sites for hydroxylation is 1. The van der Waals surface area contributed by atoms with E-state index in [2.05, 4.69) is 5.32 Å². The normalized spacial score (nSPS) is 15.2. The Morgan fingerprint density at radius 1 is 1.21 bits per heavy atom. The third-order valence-electron chi connectivity index (χ3n) is 6.22. The molecule has 38 heavy (non-hydrogen) atoms. The molecule has 0 aliphatic carbocycles. The van der Waals surface area contributed by atoms with Gasteiger partial charge in [-0.25, -0.2) is 4.98 Å². The maximum absolute atomic E-state index is 14.0. The zero-order valence-electron chi connectivity index (χ0n) is 21.1. The average molecular weight is 569 g/mol. The number of ether oxygens (including phenoxy) is 2. The van der Waals surface area contributed by atoms with Gasteiger partial charge in [-0.15, -0.1) is 0 Å². The Morgan fingerprint density at radius 3 is 2.71 bits per heavy atom. The minimum Gasteiger partial charge on any atom is -0.492 e. The smallest absolute Gasteiger partial charge is 0.278 e. The van der Waals surface area contributed by atoms with Gasteiger partial charge in [-0.3, -0.25) is 18.7 Å². The summed E-state index contributed by atoms with van der Waals surface area (Å²) in [4.78, 5) is 31.6. The molecular weight excluding hydrogens is 541 g/mol. The second kappa shape index (κ2) is 11.8. The molecule has 0 unspecified atom stereocenters. The molecule has 2 aromatic carbocycles. The van der Waals surface area contributed by atoms with E-state index >= 15 is 0 Å². The molecule has 1 saturated heterocycles. The lowest BCUT2D eigenvalue weighted by molar-refractivity contribution is -0.119. The van der Waals surface area contributed by atoms with Gasteiger partial charge in [0.05, 0.1) is 29.8 Å². The molecule has 1 atom stereocenters. The fourth-order valence-corrected chi connectivity index (χ4v) is 6.52. The summed E-state index contributed by atoms with van der Waals surface area (Å²) in [5, 5.41) is 3.36. The van der Waals surface area contributed by atoms with Gasteiger partial charge in [-0.05, 0) is 62.7 Å². The maximum Gasteiger partial charge on any atom is 0.278 e. The Morgan fingerprint density at radius 2 is 1.97 bits per heavy atom. The molecular formula is C27H28N4O4S3. The number of carbonyl (C=O) groups excluding carboxylic acids is 1. The molecule has 4 aromatic rings. The van der Waals surface area contributed by atoms with Gasteiger partial charge in [-0.2, -0.15) is 0 Å². The van der Waals surface area contributed by atoms with E-state index in [9.17, 15) is 9.59 Å².